The van der Waals surface area contributed by atoms with Gasteiger partial charge in [0.25, 0.3) is 11.8 Å². The van der Waals surface area contributed by atoms with Crippen LogP contribution in [0.2, 0.25) is 0 Å². The molecule has 186 valence electrons. The second-order valence-corrected chi connectivity index (χ2v) is 11.2. The molecule has 36 heavy (non-hydrogen) atoms. The van der Waals surface area contributed by atoms with Crippen LogP contribution in [0.15, 0.2) is 77.7 Å². The van der Waals surface area contributed by atoms with Gasteiger partial charge in [0.15, 0.2) is 0 Å². The predicted molar refractivity (Wildman–Crippen MR) is 140 cm³/mol. The fourth-order valence-electron chi connectivity index (χ4n) is 4.86. The zero-order valence-corrected chi connectivity index (χ0v) is 20.8. The molecule has 2 aliphatic rings. The van der Waals surface area contributed by atoms with Gasteiger partial charge in [-0.15, -0.1) is 0 Å². The van der Waals surface area contributed by atoms with Crippen LogP contribution in [-0.4, -0.2) is 44.2 Å². The molecule has 2 aliphatic heterocycles. The first-order valence-corrected chi connectivity index (χ1v) is 13.8. The highest BCUT2D eigenvalue weighted by molar-refractivity contribution is 7.89. The number of benzene rings is 3. The number of rotatable bonds is 5. The van der Waals surface area contributed by atoms with Crippen LogP contribution in [0, 0.1) is 0 Å². The Kier molecular flexibility index (Phi) is 6.89. The molecule has 1 fully saturated rings. The third-order valence-corrected chi connectivity index (χ3v) is 8.70. The SMILES string of the molecule is O=C(Nc1ccc2c(c1)CCCN2C(=O)c1ccccc1)c1ccc(S(=O)(=O)N2CCCCC2)cc1. The summed E-state index contributed by atoms with van der Waals surface area (Å²) in [4.78, 5) is 27.9. The molecule has 0 bridgehead atoms. The minimum absolute atomic E-state index is 0.0343. The maximum Gasteiger partial charge on any atom is 0.258 e. The first kappa shape index (κ1) is 24.2. The molecular formula is C28H29N3O4S. The predicted octanol–water partition coefficient (Wildman–Crippen LogP) is 4.71. The molecule has 1 saturated heterocycles. The molecule has 0 aromatic heterocycles. The molecule has 0 radical (unpaired) electrons. The van der Waals surface area contributed by atoms with E-state index >= 15 is 0 Å². The van der Waals surface area contributed by atoms with Crippen molar-refractivity contribution < 1.29 is 18.0 Å². The lowest BCUT2D eigenvalue weighted by molar-refractivity contribution is 0.0983. The van der Waals surface area contributed by atoms with Crippen molar-refractivity contribution in [3.8, 4) is 0 Å². The second kappa shape index (κ2) is 10.2. The molecule has 5 rings (SSSR count). The molecule has 3 aromatic carbocycles. The van der Waals surface area contributed by atoms with Gasteiger partial charge in [-0.3, -0.25) is 9.59 Å². The van der Waals surface area contributed by atoms with Crippen molar-refractivity contribution >= 4 is 33.2 Å². The van der Waals surface area contributed by atoms with Crippen LogP contribution < -0.4 is 10.2 Å². The van der Waals surface area contributed by atoms with E-state index in [1.54, 1.807) is 23.1 Å². The summed E-state index contributed by atoms with van der Waals surface area (Å²) < 4.78 is 27.2. The van der Waals surface area contributed by atoms with Gasteiger partial charge < -0.3 is 10.2 Å². The lowest BCUT2D eigenvalue weighted by Crippen LogP contribution is -2.35. The number of aryl methyl sites for hydroxylation is 1. The van der Waals surface area contributed by atoms with Gasteiger partial charge in [0.05, 0.1) is 4.90 Å². The summed E-state index contributed by atoms with van der Waals surface area (Å²) in [7, 11) is -3.54. The first-order valence-electron chi connectivity index (χ1n) is 12.3. The van der Waals surface area contributed by atoms with E-state index in [1.165, 1.54) is 16.4 Å². The number of nitrogens with one attached hydrogen (secondary N) is 1. The number of nitrogens with zero attached hydrogens (tertiary/aromatic N) is 2. The molecule has 0 saturated carbocycles. The van der Waals surface area contributed by atoms with Crippen molar-refractivity contribution in [1.29, 1.82) is 0 Å². The number of carbonyl (C=O) groups is 2. The van der Waals surface area contributed by atoms with E-state index in [0.717, 1.165) is 43.4 Å². The quantitative estimate of drug-likeness (QED) is 0.547. The molecule has 2 amide bonds. The van der Waals surface area contributed by atoms with E-state index in [1.807, 2.05) is 42.5 Å². The van der Waals surface area contributed by atoms with E-state index in [4.69, 9.17) is 0 Å². The van der Waals surface area contributed by atoms with E-state index in [2.05, 4.69) is 5.32 Å². The number of piperidine rings is 1. The Balaban J connectivity index is 1.29. The summed E-state index contributed by atoms with van der Waals surface area (Å²) in [5.74, 6) is -0.349. The molecular weight excluding hydrogens is 474 g/mol. The average molecular weight is 504 g/mol. The summed E-state index contributed by atoms with van der Waals surface area (Å²) in [6, 6.07) is 20.9. The van der Waals surface area contributed by atoms with Gasteiger partial charge in [-0.1, -0.05) is 24.6 Å². The summed E-state index contributed by atoms with van der Waals surface area (Å²) >= 11 is 0. The molecule has 3 aromatic rings. The van der Waals surface area contributed by atoms with Crippen molar-refractivity contribution in [2.24, 2.45) is 0 Å². The summed E-state index contributed by atoms with van der Waals surface area (Å²) in [5.41, 5.74) is 3.53. The van der Waals surface area contributed by atoms with Crippen LogP contribution in [0.5, 0.6) is 0 Å². The van der Waals surface area contributed by atoms with Crippen molar-refractivity contribution in [3.63, 3.8) is 0 Å². The highest BCUT2D eigenvalue weighted by atomic mass is 32.2. The van der Waals surface area contributed by atoms with Crippen LogP contribution in [0.1, 0.15) is 52.0 Å². The van der Waals surface area contributed by atoms with Gasteiger partial charge in [-0.05, 0) is 85.8 Å². The van der Waals surface area contributed by atoms with Crippen LogP contribution in [0.25, 0.3) is 0 Å². The lowest BCUT2D eigenvalue weighted by atomic mass is 10.00. The number of sulfonamides is 1. The number of fused-ring (bicyclic) bond motifs is 1. The fraction of sp³-hybridized carbons (Fsp3) is 0.286. The third-order valence-electron chi connectivity index (χ3n) is 6.79. The summed E-state index contributed by atoms with van der Waals surface area (Å²) in [6.45, 7) is 1.73. The fourth-order valence-corrected chi connectivity index (χ4v) is 6.38. The van der Waals surface area contributed by atoms with E-state index < -0.39 is 10.0 Å². The maximum absolute atomic E-state index is 13.0. The van der Waals surface area contributed by atoms with Gasteiger partial charge in [0.2, 0.25) is 10.0 Å². The Labute approximate surface area is 211 Å². The first-order chi connectivity index (χ1) is 17.4. The van der Waals surface area contributed by atoms with Crippen molar-refractivity contribution in [2.45, 2.75) is 37.0 Å². The minimum Gasteiger partial charge on any atom is -0.322 e. The largest absolute Gasteiger partial charge is 0.322 e. The number of anilines is 2. The Hall–Kier alpha value is -3.49. The van der Waals surface area contributed by atoms with Gasteiger partial charge in [0, 0.05) is 42.1 Å². The zero-order chi connectivity index (χ0) is 25.1. The molecule has 8 heteroatoms. The zero-order valence-electron chi connectivity index (χ0n) is 20.0. The molecule has 1 N–H and O–H groups in total. The van der Waals surface area contributed by atoms with Crippen molar-refractivity contribution in [1.82, 2.24) is 4.31 Å². The third kappa shape index (κ3) is 4.92. The smallest absolute Gasteiger partial charge is 0.258 e. The highest BCUT2D eigenvalue weighted by Crippen LogP contribution is 2.31. The molecule has 2 heterocycles. The number of amides is 2. The molecule has 0 spiro atoms. The summed E-state index contributed by atoms with van der Waals surface area (Å²) in [6.07, 6.45) is 4.46. The van der Waals surface area contributed by atoms with E-state index in [9.17, 15) is 18.0 Å². The van der Waals surface area contributed by atoms with E-state index in [0.29, 0.717) is 36.4 Å². The Morgan fingerprint density at radius 1 is 0.750 bits per heavy atom. The van der Waals surface area contributed by atoms with E-state index in [-0.39, 0.29) is 16.7 Å². The van der Waals surface area contributed by atoms with Crippen molar-refractivity contribution in [3.05, 3.63) is 89.5 Å². The molecule has 0 unspecified atom stereocenters. The Morgan fingerprint density at radius 3 is 2.19 bits per heavy atom. The normalized spacial score (nSPS) is 16.3. The van der Waals surface area contributed by atoms with Crippen LogP contribution in [0.4, 0.5) is 11.4 Å². The van der Waals surface area contributed by atoms with Crippen LogP contribution >= 0.6 is 0 Å². The lowest BCUT2D eigenvalue weighted by Gasteiger charge is -2.30. The Bertz CT molecular complexity index is 1370. The monoisotopic (exact) mass is 503 g/mol. The van der Waals surface area contributed by atoms with Gasteiger partial charge in [-0.25, -0.2) is 8.42 Å². The number of hydrogen-bond donors (Lipinski definition) is 1. The highest BCUT2D eigenvalue weighted by Gasteiger charge is 2.26. The molecule has 0 aliphatic carbocycles. The second-order valence-electron chi connectivity index (χ2n) is 9.21. The van der Waals surface area contributed by atoms with Gasteiger partial charge in [0.1, 0.15) is 0 Å². The van der Waals surface area contributed by atoms with Gasteiger partial charge in [-0.2, -0.15) is 4.31 Å². The summed E-state index contributed by atoms with van der Waals surface area (Å²) in [5, 5.41) is 2.90. The minimum atomic E-state index is -3.54. The van der Waals surface area contributed by atoms with Crippen LogP contribution in [0.3, 0.4) is 0 Å². The molecule has 0 atom stereocenters. The van der Waals surface area contributed by atoms with Gasteiger partial charge >= 0.3 is 0 Å². The Morgan fingerprint density at radius 2 is 1.47 bits per heavy atom. The van der Waals surface area contributed by atoms with Crippen LogP contribution in [-0.2, 0) is 16.4 Å². The number of carbonyl (C=O) groups excluding carboxylic acids is 2. The maximum atomic E-state index is 13.0. The number of hydrogen-bond acceptors (Lipinski definition) is 4. The standard InChI is InChI=1S/C28H29N3O4S/c32-27(21-11-14-25(15-12-21)36(34,35)30-17-5-2-6-18-30)29-24-13-16-26-23(20-24)10-7-19-31(26)28(33)22-8-3-1-4-9-22/h1,3-4,8-9,11-16,20H,2,5-7,10,17-19H2,(H,29,32). The van der Waals surface area contributed by atoms with Crippen molar-refractivity contribution in [2.75, 3.05) is 29.9 Å². The topological polar surface area (TPSA) is 86.8 Å². The average Bonchev–Trinajstić information content (AvgIpc) is 2.93. The molecule has 7 nitrogen and oxygen atoms in total.